The molecule has 5 nitrogen and oxygen atoms in total. The molecule has 4 rings (SSSR count). The molecule has 0 aliphatic carbocycles. The molecule has 150 valence electrons. The van der Waals surface area contributed by atoms with Gasteiger partial charge in [0.15, 0.2) is 5.78 Å². The van der Waals surface area contributed by atoms with Gasteiger partial charge in [-0.25, -0.2) is 9.78 Å². The number of aromatic nitrogens is 1. The molecule has 0 spiro atoms. The van der Waals surface area contributed by atoms with Crippen LogP contribution in [-0.2, 0) is 11.2 Å². The van der Waals surface area contributed by atoms with Crippen LogP contribution in [-0.4, -0.2) is 35.4 Å². The minimum atomic E-state index is -0.966. The highest BCUT2D eigenvalue weighted by molar-refractivity contribution is 7.18. The standard InChI is InChI=1S/C24H20N2O3S/c1-26(19-10-7-17(8-11-19)24(28)29)15-20(27)14-23-25-21-12-9-18(13-22(21)30-23)16-5-3-2-4-6-16/h2-13H,14-15H2,1H3,(H,28,29). The summed E-state index contributed by atoms with van der Waals surface area (Å²) in [6.45, 7) is 0.234. The summed E-state index contributed by atoms with van der Waals surface area (Å²) >= 11 is 1.55. The van der Waals surface area contributed by atoms with E-state index in [2.05, 4.69) is 29.2 Å². The molecule has 0 radical (unpaired) electrons. The molecule has 0 aliphatic rings. The third kappa shape index (κ3) is 4.39. The van der Waals surface area contributed by atoms with Crippen LogP contribution in [0.2, 0.25) is 0 Å². The van der Waals surface area contributed by atoms with E-state index in [1.807, 2.05) is 36.2 Å². The monoisotopic (exact) mass is 416 g/mol. The predicted molar refractivity (Wildman–Crippen MR) is 120 cm³/mol. The molecule has 0 bridgehead atoms. The summed E-state index contributed by atoms with van der Waals surface area (Å²) in [6, 6.07) is 22.8. The summed E-state index contributed by atoms with van der Waals surface area (Å²) < 4.78 is 1.07. The first-order valence-corrected chi connectivity index (χ1v) is 10.3. The lowest BCUT2D eigenvalue weighted by molar-refractivity contribution is -0.117. The Hall–Kier alpha value is -3.51. The van der Waals surface area contributed by atoms with Gasteiger partial charge in [0.2, 0.25) is 0 Å². The predicted octanol–water partition coefficient (Wildman–Crippen LogP) is 4.91. The molecule has 1 aromatic heterocycles. The normalized spacial score (nSPS) is 10.8. The zero-order valence-corrected chi connectivity index (χ0v) is 17.2. The minimum Gasteiger partial charge on any atom is -0.478 e. The number of carboxylic acid groups (broad SMARTS) is 1. The van der Waals surface area contributed by atoms with Gasteiger partial charge in [-0.15, -0.1) is 11.3 Å². The van der Waals surface area contributed by atoms with Crippen molar-refractivity contribution in [3.05, 3.63) is 83.4 Å². The van der Waals surface area contributed by atoms with Gasteiger partial charge in [0.25, 0.3) is 0 Å². The second-order valence-corrected chi connectivity index (χ2v) is 8.19. The fraction of sp³-hybridized carbons (Fsp3) is 0.125. The van der Waals surface area contributed by atoms with Crippen molar-refractivity contribution < 1.29 is 14.7 Å². The number of Topliss-reactive ketones (excluding diaryl/α,β-unsaturated/α-hetero) is 1. The average Bonchev–Trinajstić information content (AvgIpc) is 3.15. The Kier molecular flexibility index (Phi) is 5.59. The zero-order valence-electron chi connectivity index (χ0n) is 16.4. The maximum absolute atomic E-state index is 12.6. The quantitative estimate of drug-likeness (QED) is 0.464. The summed E-state index contributed by atoms with van der Waals surface area (Å²) in [4.78, 5) is 30.0. The smallest absolute Gasteiger partial charge is 0.335 e. The molecular weight excluding hydrogens is 396 g/mol. The van der Waals surface area contributed by atoms with Crippen LogP contribution in [0.1, 0.15) is 15.4 Å². The number of ketones is 1. The molecule has 4 aromatic rings. The Balaban J connectivity index is 1.44. The largest absolute Gasteiger partial charge is 0.478 e. The first-order chi connectivity index (χ1) is 14.5. The van der Waals surface area contributed by atoms with Crippen molar-refractivity contribution in [2.45, 2.75) is 6.42 Å². The SMILES string of the molecule is CN(CC(=O)Cc1nc2ccc(-c3ccccc3)cc2s1)c1ccc(C(=O)O)cc1. The van der Waals surface area contributed by atoms with Crippen molar-refractivity contribution >= 4 is 39.0 Å². The molecule has 0 saturated heterocycles. The molecule has 6 heteroatoms. The minimum absolute atomic E-state index is 0.0575. The molecule has 0 atom stereocenters. The number of carbonyl (C=O) groups excluding carboxylic acids is 1. The second kappa shape index (κ2) is 8.47. The van der Waals surface area contributed by atoms with E-state index >= 15 is 0 Å². The summed E-state index contributed by atoms with van der Waals surface area (Å²) in [6.07, 6.45) is 0.275. The number of hydrogen-bond donors (Lipinski definition) is 1. The van der Waals surface area contributed by atoms with Crippen molar-refractivity contribution in [3.63, 3.8) is 0 Å². The van der Waals surface area contributed by atoms with E-state index < -0.39 is 5.97 Å². The Morgan fingerprint density at radius 3 is 2.40 bits per heavy atom. The Bertz CT molecular complexity index is 1200. The molecule has 30 heavy (non-hydrogen) atoms. The molecule has 1 heterocycles. The van der Waals surface area contributed by atoms with Crippen LogP contribution in [0.3, 0.4) is 0 Å². The van der Waals surface area contributed by atoms with Gasteiger partial charge < -0.3 is 10.0 Å². The summed E-state index contributed by atoms with van der Waals surface area (Å²) in [7, 11) is 1.82. The van der Waals surface area contributed by atoms with E-state index in [0.717, 1.165) is 32.0 Å². The van der Waals surface area contributed by atoms with Crippen molar-refractivity contribution in [3.8, 4) is 11.1 Å². The highest BCUT2D eigenvalue weighted by Gasteiger charge is 2.13. The van der Waals surface area contributed by atoms with E-state index in [1.54, 1.807) is 23.5 Å². The molecule has 0 amide bonds. The van der Waals surface area contributed by atoms with Gasteiger partial charge in [-0.05, 0) is 47.5 Å². The fourth-order valence-electron chi connectivity index (χ4n) is 3.30. The fourth-order valence-corrected chi connectivity index (χ4v) is 4.33. The summed E-state index contributed by atoms with van der Waals surface area (Å²) in [5, 5.41) is 9.79. The van der Waals surface area contributed by atoms with Gasteiger partial charge in [-0.2, -0.15) is 0 Å². The van der Waals surface area contributed by atoms with Crippen LogP contribution in [0.5, 0.6) is 0 Å². The van der Waals surface area contributed by atoms with Gasteiger partial charge in [0, 0.05) is 12.7 Å². The van der Waals surface area contributed by atoms with E-state index in [4.69, 9.17) is 5.11 Å². The van der Waals surface area contributed by atoms with E-state index in [0.29, 0.717) is 0 Å². The molecular formula is C24H20N2O3S. The molecule has 0 fully saturated rings. The van der Waals surface area contributed by atoms with E-state index in [1.165, 1.54) is 12.1 Å². The Labute approximate surface area is 178 Å². The number of likely N-dealkylation sites (N-methyl/N-ethyl adjacent to an activating group) is 1. The Morgan fingerprint density at radius 1 is 0.967 bits per heavy atom. The number of carboxylic acids is 1. The molecule has 0 saturated carbocycles. The number of anilines is 1. The van der Waals surface area contributed by atoms with Crippen molar-refractivity contribution in [2.24, 2.45) is 0 Å². The van der Waals surface area contributed by atoms with Gasteiger partial charge in [0.05, 0.1) is 28.7 Å². The van der Waals surface area contributed by atoms with Crippen molar-refractivity contribution in [1.82, 2.24) is 4.98 Å². The number of carbonyl (C=O) groups is 2. The molecule has 3 aromatic carbocycles. The highest BCUT2D eigenvalue weighted by Crippen LogP contribution is 2.28. The molecule has 0 unspecified atom stereocenters. The molecule has 1 N–H and O–H groups in total. The second-order valence-electron chi connectivity index (χ2n) is 7.08. The van der Waals surface area contributed by atoms with Gasteiger partial charge >= 0.3 is 5.97 Å². The number of fused-ring (bicyclic) bond motifs is 1. The summed E-state index contributed by atoms with van der Waals surface area (Å²) in [5.41, 5.74) is 4.21. The summed E-state index contributed by atoms with van der Waals surface area (Å²) in [5.74, 6) is -0.909. The van der Waals surface area contributed by atoms with Crippen molar-refractivity contribution in [1.29, 1.82) is 0 Å². The number of benzene rings is 3. The highest BCUT2D eigenvalue weighted by atomic mass is 32.1. The van der Waals surface area contributed by atoms with Gasteiger partial charge in [0.1, 0.15) is 5.01 Å². The lowest BCUT2D eigenvalue weighted by Gasteiger charge is -2.18. The van der Waals surface area contributed by atoms with Gasteiger partial charge in [-0.1, -0.05) is 36.4 Å². The third-order valence-corrected chi connectivity index (χ3v) is 5.87. The lowest BCUT2D eigenvalue weighted by atomic mass is 10.1. The van der Waals surface area contributed by atoms with Gasteiger partial charge in [-0.3, -0.25) is 4.79 Å². The van der Waals surface area contributed by atoms with E-state index in [9.17, 15) is 9.59 Å². The number of rotatable bonds is 7. The van der Waals surface area contributed by atoms with Crippen LogP contribution in [0.4, 0.5) is 5.69 Å². The van der Waals surface area contributed by atoms with E-state index in [-0.39, 0.29) is 24.3 Å². The topological polar surface area (TPSA) is 70.5 Å². The maximum Gasteiger partial charge on any atom is 0.335 e. The first kappa shape index (κ1) is 19.8. The first-order valence-electron chi connectivity index (χ1n) is 9.51. The van der Waals surface area contributed by atoms with Crippen LogP contribution in [0.15, 0.2) is 72.8 Å². The number of aromatic carboxylic acids is 1. The molecule has 0 aliphatic heterocycles. The van der Waals surface area contributed by atoms with Crippen LogP contribution in [0, 0.1) is 0 Å². The average molecular weight is 417 g/mol. The number of nitrogens with zero attached hydrogens (tertiary/aromatic N) is 2. The van der Waals surface area contributed by atoms with Crippen LogP contribution >= 0.6 is 11.3 Å². The zero-order chi connectivity index (χ0) is 21.1. The third-order valence-electron chi connectivity index (χ3n) is 4.86. The maximum atomic E-state index is 12.6. The van der Waals surface area contributed by atoms with Crippen LogP contribution < -0.4 is 4.90 Å². The number of thiazole rings is 1. The Morgan fingerprint density at radius 2 is 1.70 bits per heavy atom. The van der Waals surface area contributed by atoms with Crippen molar-refractivity contribution in [2.75, 3.05) is 18.5 Å². The number of hydrogen-bond acceptors (Lipinski definition) is 5. The lowest BCUT2D eigenvalue weighted by Crippen LogP contribution is -2.26. The van der Waals surface area contributed by atoms with Crippen LogP contribution in [0.25, 0.3) is 21.3 Å².